The lowest BCUT2D eigenvalue weighted by atomic mass is 10.0. The lowest BCUT2D eigenvalue weighted by Gasteiger charge is -2.18. The third kappa shape index (κ3) is 3.09. The number of hydrogen-bond donors (Lipinski definition) is 1. The minimum Gasteiger partial charge on any atom is -0.495 e. The predicted molar refractivity (Wildman–Crippen MR) is 82.1 cm³/mol. The van der Waals surface area contributed by atoms with Gasteiger partial charge in [0.15, 0.2) is 0 Å². The quantitative estimate of drug-likeness (QED) is 0.915. The lowest BCUT2D eigenvalue weighted by molar-refractivity contribution is 0.0693. The summed E-state index contributed by atoms with van der Waals surface area (Å²) < 4.78 is 6.59. The molecule has 0 bridgehead atoms. The average Bonchev–Trinajstić information content (AvgIpc) is 2.46. The molecule has 5 heteroatoms. The van der Waals surface area contributed by atoms with E-state index in [-0.39, 0.29) is 5.56 Å². The van der Waals surface area contributed by atoms with Gasteiger partial charge < -0.3 is 9.84 Å². The SMILES string of the molecule is COc1c(C(=O)O)cccc1C(C)=C1SCCCS1. The summed E-state index contributed by atoms with van der Waals surface area (Å²) in [7, 11) is 1.52. The Bertz CT molecular complexity index is 515. The molecule has 1 aromatic rings. The summed E-state index contributed by atoms with van der Waals surface area (Å²) in [6, 6.07) is 5.26. The number of carboxylic acids is 1. The Kier molecular flexibility index (Phi) is 4.82. The van der Waals surface area contributed by atoms with Gasteiger partial charge in [-0.3, -0.25) is 0 Å². The van der Waals surface area contributed by atoms with Crippen molar-refractivity contribution in [2.24, 2.45) is 0 Å². The van der Waals surface area contributed by atoms with E-state index in [0.29, 0.717) is 5.75 Å². The summed E-state index contributed by atoms with van der Waals surface area (Å²) in [5, 5.41) is 9.21. The Hall–Kier alpha value is -1.07. The van der Waals surface area contributed by atoms with Gasteiger partial charge in [-0.2, -0.15) is 0 Å². The highest BCUT2D eigenvalue weighted by molar-refractivity contribution is 8.23. The van der Waals surface area contributed by atoms with Crippen molar-refractivity contribution in [1.29, 1.82) is 0 Å². The number of methoxy groups -OCH3 is 1. The Morgan fingerprint density at radius 1 is 1.26 bits per heavy atom. The van der Waals surface area contributed by atoms with Crippen LogP contribution in [0.1, 0.15) is 29.3 Å². The number of thioether (sulfide) groups is 2. The number of benzene rings is 1. The molecule has 0 spiro atoms. The van der Waals surface area contributed by atoms with Crippen LogP contribution in [0.3, 0.4) is 0 Å². The summed E-state index contributed by atoms with van der Waals surface area (Å²) >= 11 is 3.68. The molecular formula is C14H16O3S2. The van der Waals surface area contributed by atoms with Gasteiger partial charge in [-0.1, -0.05) is 12.1 Å². The number of carbonyl (C=O) groups is 1. The second kappa shape index (κ2) is 6.39. The number of para-hydroxylation sites is 1. The molecule has 3 nitrogen and oxygen atoms in total. The number of ether oxygens (including phenoxy) is 1. The van der Waals surface area contributed by atoms with Gasteiger partial charge in [0.1, 0.15) is 11.3 Å². The van der Waals surface area contributed by atoms with Gasteiger partial charge in [0.2, 0.25) is 0 Å². The van der Waals surface area contributed by atoms with Gasteiger partial charge in [0, 0.05) is 9.80 Å². The van der Waals surface area contributed by atoms with E-state index in [9.17, 15) is 9.90 Å². The largest absolute Gasteiger partial charge is 0.495 e. The third-order valence-electron chi connectivity index (χ3n) is 2.91. The van der Waals surface area contributed by atoms with Crippen LogP contribution in [0, 0.1) is 0 Å². The average molecular weight is 296 g/mol. The number of carboxylic acid groups (broad SMARTS) is 1. The number of hydrogen-bond acceptors (Lipinski definition) is 4. The molecule has 1 heterocycles. The van der Waals surface area contributed by atoms with E-state index >= 15 is 0 Å². The van der Waals surface area contributed by atoms with Crippen molar-refractivity contribution in [1.82, 2.24) is 0 Å². The lowest BCUT2D eigenvalue weighted by Crippen LogP contribution is -2.03. The smallest absolute Gasteiger partial charge is 0.339 e. The summed E-state index contributed by atoms with van der Waals surface area (Å²) in [5.74, 6) is 1.74. The van der Waals surface area contributed by atoms with E-state index in [4.69, 9.17) is 4.74 Å². The van der Waals surface area contributed by atoms with Crippen LogP contribution in [0.25, 0.3) is 5.57 Å². The summed E-state index contributed by atoms with van der Waals surface area (Å²) in [4.78, 5) is 11.2. The van der Waals surface area contributed by atoms with Crippen LogP contribution in [0.5, 0.6) is 5.75 Å². The molecule has 0 unspecified atom stereocenters. The van der Waals surface area contributed by atoms with Gasteiger partial charge in [-0.15, -0.1) is 23.5 Å². The molecule has 1 saturated heterocycles. The Balaban J connectivity index is 2.49. The van der Waals surface area contributed by atoms with Crippen molar-refractivity contribution >= 4 is 35.1 Å². The molecule has 1 N–H and O–H groups in total. The summed E-state index contributed by atoms with van der Waals surface area (Å²) in [6.45, 7) is 2.03. The molecule has 1 aromatic carbocycles. The first-order valence-corrected chi connectivity index (χ1v) is 7.99. The molecule has 0 saturated carbocycles. The van der Waals surface area contributed by atoms with Crippen LogP contribution in [0.4, 0.5) is 0 Å². The van der Waals surface area contributed by atoms with E-state index in [1.54, 1.807) is 12.1 Å². The van der Waals surface area contributed by atoms with Gasteiger partial charge >= 0.3 is 5.97 Å². The van der Waals surface area contributed by atoms with Crippen LogP contribution in [-0.4, -0.2) is 29.7 Å². The maximum absolute atomic E-state index is 11.2. The molecule has 0 aliphatic carbocycles. The van der Waals surface area contributed by atoms with Crippen molar-refractivity contribution in [2.45, 2.75) is 13.3 Å². The van der Waals surface area contributed by atoms with Gasteiger partial charge in [0.05, 0.1) is 7.11 Å². The zero-order valence-corrected chi connectivity index (χ0v) is 12.6. The van der Waals surface area contributed by atoms with Crippen LogP contribution in [-0.2, 0) is 0 Å². The topological polar surface area (TPSA) is 46.5 Å². The van der Waals surface area contributed by atoms with Crippen molar-refractivity contribution in [3.05, 3.63) is 33.6 Å². The van der Waals surface area contributed by atoms with E-state index in [0.717, 1.165) is 22.6 Å². The molecule has 19 heavy (non-hydrogen) atoms. The van der Waals surface area contributed by atoms with E-state index in [1.807, 2.05) is 36.5 Å². The normalized spacial score (nSPS) is 15.2. The first-order valence-electron chi connectivity index (χ1n) is 6.02. The fourth-order valence-corrected chi connectivity index (χ4v) is 4.59. The number of allylic oxidation sites excluding steroid dienone is 1. The second-order valence-corrected chi connectivity index (χ2v) is 6.62. The second-order valence-electron chi connectivity index (χ2n) is 4.15. The molecular weight excluding hydrogens is 280 g/mol. The zero-order valence-electron chi connectivity index (χ0n) is 10.9. The summed E-state index contributed by atoms with van der Waals surface area (Å²) in [5.41, 5.74) is 2.19. The van der Waals surface area contributed by atoms with E-state index in [1.165, 1.54) is 17.8 Å². The monoisotopic (exact) mass is 296 g/mol. The van der Waals surface area contributed by atoms with Crippen molar-refractivity contribution < 1.29 is 14.6 Å². The standard InChI is InChI=1S/C14H16O3S2/c1-9(14-18-7-4-8-19-14)10-5-3-6-11(13(15)16)12(10)17-2/h3,5-6H,4,7-8H2,1-2H3,(H,15,16). The first kappa shape index (κ1) is 14.3. The van der Waals surface area contributed by atoms with Gasteiger partial charge in [-0.25, -0.2) is 4.79 Å². The fourth-order valence-electron chi connectivity index (χ4n) is 1.98. The third-order valence-corrected chi connectivity index (χ3v) is 5.74. The predicted octanol–water partition coefficient (Wildman–Crippen LogP) is 3.95. The molecule has 0 atom stereocenters. The van der Waals surface area contributed by atoms with Crippen molar-refractivity contribution in [3.63, 3.8) is 0 Å². The van der Waals surface area contributed by atoms with Crippen LogP contribution in [0.2, 0.25) is 0 Å². The zero-order chi connectivity index (χ0) is 13.8. The maximum atomic E-state index is 11.2. The highest BCUT2D eigenvalue weighted by Crippen LogP contribution is 2.42. The Labute approximate surface area is 121 Å². The molecule has 0 amide bonds. The van der Waals surface area contributed by atoms with E-state index < -0.39 is 5.97 Å². The fraction of sp³-hybridized carbons (Fsp3) is 0.357. The molecule has 102 valence electrons. The van der Waals surface area contributed by atoms with E-state index in [2.05, 4.69) is 0 Å². The van der Waals surface area contributed by atoms with Crippen LogP contribution >= 0.6 is 23.5 Å². The summed E-state index contributed by atoms with van der Waals surface area (Å²) in [6.07, 6.45) is 1.22. The molecule has 2 rings (SSSR count). The minimum absolute atomic E-state index is 0.214. The Morgan fingerprint density at radius 3 is 2.47 bits per heavy atom. The highest BCUT2D eigenvalue weighted by atomic mass is 32.2. The first-order chi connectivity index (χ1) is 9.15. The molecule has 1 aliphatic rings. The molecule has 0 radical (unpaired) electrons. The van der Waals surface area contributed by atoms with Gasteiger partial charge in [-0.05, 0) is 36.5 Å². The number of rotatable bonds is 3. The Morgan fingerprint density at radius 2 is 1.89 bits per heavy atom. The molecule has 1 aliphatic heterocycles. The van der Waals surface area contributed by atoms with Crippen LogP contribution < -0.4 is 4.74 Å². The number of aromatic carboxylic acids is 1. The highest BCUT2D eigenvalue weighted by Gasteiger charge is 2.18. The van der Waals surface area contributed by atoms with Crippen molar-refractivity contribution in [3.8, 4) is 5.75 Å². The molecule has 1 fully saturated rings. The van der Waals surface area contributed by atoms with Crippen molar-refractivity contribution in [2.75, 3.05) is 18.6 Å². The minimum atomic E-state index is -0.958. The molecule has 0 aromatic heterocycles. The maximum Gasteiger partial charge on any atom is 0.339 e. The van der Waals surface area contributed by atoms with Gasteiger partial charge in [0.25, 0.3) is 0 Å². The van der Waals surface area contributed by atoms with Crippen LogP contribution in [0.15, 0.2) is 22.4 Å².